The molecule has 1 atom stereocenters. The van der Waals surface area contributed by atoms with E-state index < -0.39 is 6.17 Å². The molecule has 0 heterocycles. The largest absolute Gasteiger partial charge is 0.248 e. The number of rotatable bonds is 3. The highest BCUT2D eigenvalue weighted by Gasteiger charge is 1.97. The normalized spacial score (nSPS) is 14.0. The topological polar surface area (TPSA) is 0 Å². The van der Waals surface area contributed by atoms with E-state index in [0.29, 0.717) is 19.2 Å². The van der Waals surface area contributed by atoms with E-state index in [1.54, 1.807) is 0 Å². The van der Waals surface area contributed by atoms with Crippen LogP contribution in [0.25, 0.3) is 0 Å². The predicted molar refractivity (Wildman–Crippen MR) is 30.4 cm³/mol. The van der Waals surface area contributed by atoms with E-state index in [1.165, 1.54) is 0 Å². The molecule has 0 amide bonds. The van der Waals surface area contributed by atoms with Gasteiger partial charge in [0.1, 0.15) is 0 Å². The fourth-order valence-electron chi connectivity index (χ4n) is 0.385. The van der Waals surface area contributed by atoms with Crippen molar-refractivity contribution >= 4 is 7.85 Å². The quantitative estimate of drug-likeness (QED) is 0.473. The van der Waals surface area contributed by atoms with Crippen molar-refractivity contribution in [3.8, 4) is 0 Å². The van der Waals surface area contributed by atoms with Crippen LogP contribution in [0.5, 0.6) is 0 Å². The number of hydrogen-bond acceptors (Lipinski definition) is 0. The molecule has 0 fully saturated rings. The first-order chi connectivity index (χ1) is 3.31. The summed E-state index contributed by atoms with van der Waals surface area (Å²) in [5, 5.41) is 0. The van der Waals surface area contributed by atoms with Crippen LogP contribution in [0.4, 0.5) is 4.39 Å². The number of alkyl halides is 1. The zero-order valence-corrected chi connectivity index (χ0v) is 4.65. The molecule has 0 aromatic rings. The minimum atomic E-state index is -0.676. The summed E-state index contributed by atoms with van der Waals surface area (Å²) < 4.78 is 12.1. The second-order valence-electron chi connectivity index (χ2n) is 1.58. The molecule has 0 saturated heterocycles. The molecule has 0 aromatic heterocycles. The zero-order valence-electron chi connectivity index (χ0n) is 4.65. The first-order valence-electron chi connectivity index (χ1n) is 2.65. The maximum atomic E-state index is 12.1. The minimum Gasteiger partial charge on any atom is -0.248 e. The molecule has 0 spiro atoms. The van der Waals surface area contributed by atoms with E-state index in [4.69, 9.17) is 7.85 Å². The van der Waals surface area contributed by atoms with Gasteiger partial charge in [-0.25, -0.2) is 4.39 Å². The Balaban J connectivity index is 2.83. The smallest absolute Gasteiger partial charge is 0.0992 e. The fourth-order valence-corrected chi connectivity index (χ4v) is 0.385. The molecule has 0 aliphatic heterocycles. The summed E-state index contributed by atoms with van der Waals surface area (Å²) in [6.45, 7) is 1.82. The summed E-state index contributed by atoms with van der Waals surface area (Å²) in [5.41, 5.74) is 0. The molecular formula is C5H10BF. The van der Waals surface area contributed by atoms with Crippen LogP contribution in [0, 0.1) is 0 Å². The molecule has 0 aliphatic rings. The van der Waals surface area contributed by atoms with Crippen molar-refractivity contribution in [1.82, 2.24) is 0 Å². The average Bonchev–Trinajstić information content (AvgIpc) is 1.68. The lowest BCUT2D eigenvalue weighted by molar-refractivity contribution is 0.316. The van der Waals surface area contributed by atoms with Gasteiger partial charge in [0.25, 0.3) is 0 Å². The summed E-state index contributed by atoms with van der Waals surface area (Å²) in [4.78, 5) is 0. The van der Waals surface area contributed by atoms with Gasteiger partial charge in [-0.2, -0.15) is 0 Å². The molecule has 40 valence electrons. The van der Waals surface area contributed by atoms with Gasteiger partial charge >= 0.3 is 0 Å². The van der Waals surface area contributed by atoms with Crippen LogP contribution in [0.1, 0.15) is 19.8 Å². The van der Waals surface area contributed by atoms with Crippen LogP contribution in [0.2, 0.25) is 6.32 Å². The Hall–Kier alpha value is -0.00506. The monoisotopic (exact) mass is 100 g/mol. The summed E-state index contributed by atoms with van der Waals surface area (Å²) in [6.07, 6.45) is 0.896. The van der Waals surface area contributed by atoms with E-state index in [-0.39, 0.29) is 0 Å². The third kappa shape index (κ3) is 3.83. The Morgan fingerprint density at radius 1 is 1.71 bits per heavy atom. The Kier molecular flexibility index (Phi) is 4.16. The molecule has 2 radical (unpaired) electrons. The van der Waals surface area contributed by atoms with Crippen LogP contribution in [0.15, 0.2) is 0 Å². The van der Waals surface area contributed by atoms with Gasteiger partial charge in [0.2, 0.25) is 0 Å². The van der Waals surface area contributed by atoms with E-state index in [2.05, 4.69) is 0 Å². The molecule has 0 rings (SSSR count). The van der Waals surface area contributed by atoms with Crippen molar-refractivity contribution in [2.75, 3.05) is 0 Å². The predicted octanol–water partition coefficient (Wildman–Crippen LogP) is 1.71. The average molecular weight is 99.9 g/mol. The van der Waals surface area contributed by atoms with Crippen molar-refractivity contribution in [1.29, 1.82) is 0 Å². The number of halogens is 1. The molecule has 0 nitrogen and oxygen atoms in total. The van der Waals surface area contributed by atoms with Crippen LogP contribution >= 0.6 is 0 Å². The van der Waals surface area contributed by atoms with Gasteiger partial charge in [0.15, 0.2) is 0 Å². The van der Waals surface area contributed by atoms with Crippen LogP contribution in [0.3, 0.4) is 0 Å². The van der Waals surface area contributed by atoms with Crippen molar-refractivity contribution in [3.05, 3.63) is 0 Å². The van der Waals surface area contributed by atoms with E-state index in [0.717, 1.165) is 0 Å². The lowest BCUT2D eigenvalue weighted by atomic mass is 9.99. The molecule has 0 N–H and O–H groups in total. The van der Waals surface area contributed by atoms with Gasteiger partial charge < -0.3 is 0 Å². The van der Waals surface area contributed by atoms with E-state index in [1.807, 2.05) is 6.92 Å². The lowest BCUT2D eigenvalue weighted by Crippen LogP contribution is -1.95. The fraction of sp³-hybridized carbons (Fsp3) is 1.00. The van der Waals surface area contributed by atoms with Gasteiger partial charge in [0.05, 0.1) is 14.0 Å². The summed E-state index contributed by atoms with van der Waals surface area (Å²) in [6, 6.07) is 0. The van der Waals surface area contributed by atoms with Crippen LogP contribution in [-0.2, 0) is 0 Å². The van der Waals surface area contributed by atoms with Crippen LogP contribution < -0.4 is 0 Å². The third-order valence-electron chi connectivity index (χ3n) is 0.923. The van der Waals surface area contributed by atoms with E-state index in [9.17, 15) is 4.39 Å². The van der Waals surface area contributed by atoms with Gasteiger partial charge in [-0.05, 0) is 12.8 Å². The second kappa shape index (κ2) is 4.16. The highest BCUT2D eigenvalue weighted by molar-refractivity contribution is 6.08. The Morgan fingerprint density at radius 3 is 2.43 bits per heavy atom. The van der Waals surface area contributed by atoms with Gasteiger partial charge in [-0.15, -0.1) is 0 Å². The Morgan fingerprint density at radius 2 is 2.29 bits per heavy atom. The molecule has 2 heteroatoms. The zero-order chi connectivity index (χ0) is 5.70. The van der Waals surface area contributed by atoms with Crippen molar-refractivity contribution < 1.29 is 4.39 Å². The molecule has 0 unspecified atom stereocenters. The number of hydrogen-bond donors (Lipinski definition) is 0. The summed E-state index contributed by atoms with van der Waals surface area (Å²) in [7, 11) is 5.06. The molecule has 0 bridgehead atoms. The van der Waals surface area contributed by atoms with Crippen molar-refractivity contribution in [2.24, 2.45) is 0 Å². The third-order valence-corrected chi connectivity index (χ3v) is 0.923. The van der Waals surface area contributed by atoms with Gasteiger partial charge in [-0.3, -0.25) is 0 Å². The SMILES string of the molecule is [B]CC[C@@H](F)CC. The van der Waals surface area contributed by atoms with Crippen LogP contribution in [-0.4, -0.2) is 14.0 Å². The molecule has 0 aliphatic carbocycles. The Labute approximate surface area is 45.5 Å². The lowest BCUT2D eigenvalue weighted by Gasteiger charge is -1.98. The molecule has 7 heavy (non-hydrogen) atoms. The molecular weight excluding hydrogens is 89.9 g/mol. The standard InChI is InChI=1S/C5H10BF/c1-2-5(7)3-4-6/h5H,2-4H2,1H3/t5-/m0/s1. The van der Waals surface area contributed by atoms with Crippen molar-refractivity contribution in [2.45, 2.75) is 32.3 Å². The maximum absolute atomic E-state index is 12.1. The highest BCUT2D eigenvalue weighted by atomic mass is 19.1. The Bertz CT molecular complexity index is 39.1. The summed E-state index contributed by atoms with van der Waals surface area (Å²) >= 11 is 0. The maximum Gasteiger partial charge on any atom is 0.0992 e. The first kappa shape index (κ1) is 6.99. The van der Waals surface area contributed by atoms with Crippen molar-refractivity contribution in [3.63, 3.8) is 0 Å². The molecule has 0 aromatic carbocycles. The molecule has 0 saturated carbocycles. The minimum absolute atomic E-state index is 0.467. The van der Waals surface area contributed by atoms with Gasteiger partial charge in [0, 0.05) is 0 Å². The van der Waals surface area contributed by atoms with Gasteiger partial charge in [-0.1, -0.05) is 13.2 Å². The summed E-state index contributed by atoms with van der Waals surface area (Å²) in [5.74, 6) is 0. The highest BCUT2D eigenvalue weighted by Crippen LogP contribution is 2.03. The first-order valence-corrected chi connectivity index (χ1v) is 2.65. The van der Waals surface area contributed by atoms with E-state index >= 15 is 0 Å². The second-order valence-corrected chi connectivity index (χ2v) is 1.58.